The number of para-hydroxylation sites is 1. The number of fused-ring (bicyclic) bond motifs is 1. The highest BCUT2D eigenvalue weighted by Gasteiger charge is 2.13. The van der Waals surface area contributed by atoms with Gasteiger partial charge in [-0.3, -0.25) is 10.3 Å². The maximum absolute atomic E-state index is 9.31. The molecule has 0 aliphatic carbocycles. The van der Waals surface area contributed by atoms with Crippen molar-refractivity contribution < 1.29 is 0 Å². The molecule has 2 rings (SSSR count). The van der Waals surface area contributed by atoms with Crippen molar-refractivity contribution in [3.8, 4) is 6.07 Å². The Labute approximate surface area is 107 Å². The highest BCUT2D eigenvalue weighted by Crippen LogP contribution is 2.22. The Hall–Kier alpha value is -1.92. The number of nitrogens with zero attached hydrogens (tertiary/aromatic N) is 2. The third kappa shape index (κ3) is 2.66. The highest BCUT2D eigenvalue weighted by atomic mass is 14.9. The van der Waals surface area contributed by atoms with E-state index in [1.807, 2.05) is 30.3 Å². The van der Waals surface area contributed by atoms with Crippen molar-refractivity contribution in [2.24, 2.45) is 5.92 Å². The van der Waals surface area contributed by atoms with Crippen molar-refractivity contribution in [1.29, 1.82) is 5.26 Å². The van der Waals surface area contributed by atoms with E-state index >= 15 is 0 Å². The molecule has 1 atom stereocenters. The predicted molar refractivity (Wildman–Crippen MR) is 72.9 cm³/mol. The summed E-state index contributed by atoms with van der Waals surface area (Å²) in [7, 11) is 0. The van der Waals surface area contributed by atoms with E-state index in [0.717, 1.165) is 23.0 Å². The summed E-state index contributed by atoms with van der Waals surface area (Å²) >= 11 is 0. The molecule has 0 spiro atoms. The van der Waals surface area contributed by atoms with Crippen molar-refractivity contribution in [2.45, 2.75) is 19.9 Å². The van der Waals surface area contributed by atoms with Crippen LogP contribution in [-0.2, 0) is 0 Å². The fourth-order valence-electron chi connectivity index (χ4n) is 1.94. The molecule has 0 aliphatic heterocycles. The molecule has 1 aromatic carbocycles. The Kier molecular flexibility index (Phi) is 3.91. The SMILES string of the molecule is CC(C)CNC(C#N)c1cccc2cccnc12. The van der Waals surface area contributed by atoms with E-state index in [2.05, 4.69) is 30.2 Å². The van der Waals surface area contributed by atoms with Gasteiger partial charge in [0.05, 0.1) is 11.6 Å². The molecule has 0 fully saturated rings. The van der Waals surface area contributed by atoms with E-state index in [-0.39, 0.29) is 6.04 Å². The summed E-state index contributed by atoms with van der Waals surface area (Å²) < 4.78 is 0. The quantitative estimate of drug-likeness (QED) is 0.892. The van der Waals surface area contributed by atoms with Crippen molar-refractivity contribution in [2.75, 3.05) is 6.54 Å². The van der Waals surface area contributed by atoms with Crippen LogP contribution in [0.4, 0.5) is 0 Å². The molecule has 0 aliphatic rings. The zero-order chi connectivity index (χ0) is 13.0. The third-order valence-corrected chi connectivity index (χ3v) is 2.83. The van der Waals surface area contributed by atoms with Gasteiger partial charge >= 0.3 is 0 Å². The van der Waals surface area contributed by atoms with E-state index in [9.17, 15) is 5.26 Å². The lowest BCUT2D eigenvalue weighted by Gasteiger charge is -2.15. The van der Waals surface area contributed by atoms with Gasteiger partial charge in [-0.2, -0.15) is 5.26 Å². The molecule has 0 saturated heterocycles. The summed E-state index contributed by atoms with van der Waals surface area (Å²) in [5, 5.41) is 13.7. The van der Waals surface area contributed by atoms with Gasteiger partial charge in [-0.25, -0.2) is 0 Å². The Bertz CT molecular complexity index is 564. The average Bonchev–Trinajstić information content (AvgIpc) is 2.39. The number of hydrogen-bond acceptors (Lipinski definition) is 3. The molecule has 1 aromatic heterocycles. The zero-order valence-electron chi connectivity index (χ0n) is 10.7. The Morgan fingerprint density at radius 3 is 2.78 bits per heavy atom. The van der Waals surface area contributed by atoms with Gasteiger partial charge in [0, 0.05) is 17.1 Å². The van der Waals surface area contributed by atoms with Gasteiger partial charge < -0.3 is 0 Å². The molecular weight excluding hydrogens is 222 g/mol. The van der Waals surface area contributed by atoms with Crippen molar-refractivity contribution >= 4 is 10.9 Å². The maximum Gasteiger partial charge on any atom is 0.123 e. The first-order valence-electron chi connectivity index (χ1n) is 6.19. The van der Waals surface area contributed by atoms with Crippen LogP contribution in [0.25, 0.3) is 10.9 Å². The molecular formula is C15H17N3. The van der Waals surface area contributed by atoms with Gasteiger partial charge in [-0.15, -0.1) is 0 Å². The fourth-order valence-corrected chi connectivity index (χ4v) is 1.94. The van der Waals surface area contributed by atoms with E-state index in [0.29, 0.717) is 5.92 Å². The van der Waals surface area contributed by atoms with Gasteiger partial charge in [0.15, 0.2) is 0 Å². The smallest absolute Gasteiger partial charge is 0.123 e. The molecule has 0 saturated carbocycles. The monoisotopic (exact) mass is 239 g/mol. The normalized spacial score (nSPS) is 12.6. The Morgan fingerprint density at radius 1 is 1.28 bits per heavy atom. The largest absolute Gasteiger partial charge is 0.298 e. The molecule has 2 aromatic rings. The van der Waals surface area contributed by atoms with Gasteiger partial charge in [-0.1, -0.05) is 38.1 Å². The van der Waals surface area contributed by atoms with Crippen LogP contribution in [0.1, 0.15) is 25.5 Å². The van der Waals surface area contributed by atoms with Crippen LogP contribution in [0, 0.1) is 17.2 Å². The van der Waals surface area contributed by atoms with E-state index < -0.39 is 0 Å². The highest BCUT2D eigenvalue weighted by molar-refractivity contribution is 5.82. The predicted octanol–water partition coefficient (Wildman–Crippen LogP) is 3.05. The molecule has 0 radical (unpaired) electrons. The van der Waals surface area contributed by atoms with Gasteiger partial charge in [0.25, 0.3) is 0 Å². The first-order chi connectivity index (χ1) is 8.72. The Morgan fingerprint density at radius 2 is 2.06 bits per heavy atom. The lowest BCUT2D eigenvalue weighted by Crippen LogP contribution is -2.24. The Balaban J connectivity index is 2.36. The van der Waals surface area contributed by atoms with E-state index in [1.165, 1.54) is 0 Å². The lowest BCUT2D eigenvalue weighted by atomic mass is 10.0. The fraction of sp³-hybridized carbons (Fsp3) is 0.333. The second-order valence-corrected chi connectivity index (χ2v) is 4.79. The van der Waals surface area contributed by atoms with E-state index in [1.54, 1.807) is 6.20 Å². The molecule has 18 heavy (non-hydrogen) atoms. The molecule has 3 nitrogen and oxygen atoms in total. The summed E-state index contributed by atoms with van der Waals surface area (Å²) in [6, 6.07) is 11.9. The summed E-state index contributed by atoms with van der Waals surface area (Å²) in [5.74, 6) is 0.517. The second kappa shape index (κ2) is 5.61. The van der Waals surface area contributed by atoms with Crippen molar-refractivity contribution in [1.82, 2.24) is 10.3 Å². The van der Waals surface area contributed by atoms with Crippen molar-refractivity contribution in [3.05, 3.63) is 42.1 Å². The number of benzene rings is 1. The van der Waals surface area contributed by atoms with E-state index in [4.69, 9.17) is 0 Å². The maximum atomic E-state index is 9.31. The van der Waals surface area contributed by atoms with Crippen LogP contribution >= 0.6 is 0 Å². The molecule has 1 N–H and O–H groups in total. The summed E-state index contributed by atoms with van der Waals surface area (Å²) in [5.41, 5.74) is 1.86. The summed E-state index contributed by atoms with van der Waals surface area (Å²) in [6.45, 7) is 5.08. The number of pyridine rings is 1. The number of hydrogen-bond donors (Lipinski definition) is 1. The average molecular weight is 239 g/mol. The minimum Gasteiger partial charge on any atom is -0.298 e. The number of nitrogens with one attached hydrogen (secondary N) is 1. The lowest BCUT2D eigenvalue weighted by molar-refractivity contribution is 0.526. The summed E-state index contributed by atoms with van der Waals surface area (Å²) in [6.07, 6.45) is 1.77. The zero-order valence-corrected chi connectivity index (χ0v) is 10.7. The van der Waals surface area contributed by atoms with Gasteiger partial charge in [-0.05, 0) is 18.5 Å². The number of rotatable bonds is 4. The second-order valence-electron chi connectivity index (χ2n) is 4.79. The molecule has 3 heteroatoms. The molecule has 92 valence electrons. The molecule has 0 bridgehead atoms. The standard InChI is InChI=1S/C15H17N3/c1-11(2)10-18-14(9-16)13-7-3-5-12-6-4-8-17-15(12)13/h3-8,11,14,18H,10H2,1-2H3. The molecule has 0 amide bonds. The minimum atomic E-state index is -0.300. The van der Waals surface area contributed by atoms with Crippen LogP contribution < -0.4 is 5.32 Å². The summed E-state index contributed by atoms with van der Waals surface area (Å²) in [4.78, 5) is 4.39. The van der Waals surface area contributed by atoms with Crippen LogP contribution in [0.2, 0.25) is 0 Å². The topological polar surface area (TPSA) is 48.7 Å². The molecule has 1 heterocycles. The van der Waals surface area contributed by atoms with Crippen LogP contribution in [0.15, 0.2) is 36.5 Å². The van der Waals surface area contributed by atoms with Crippen LogP contribution in [0.5, 0.6) is 0 Å². The molecule has 1 unspecified atom stereocenters. The van der Waals surface area contributed by atoms with Gasteiger partial charge in [0.1, 0.15) is 6.04 Å². The third-order valence-electron chi connectivity index (χ3n) is 2.83. The van der Waals surface area contributed by atoms with Crippen molar-refractivity contribution in [3.63, 3.8) is 0 Å². The van der Waals surface area contributed by atoms with Crippen LogP contribution in [-0.4, -0.2) is 11.5 Å². The van der Waals surface area contributed by atoms with Gasteiger partial charge in [0.2, 0.25) is 0 Å². The first kappa shape index (κ1) is 12.5. The first-order valence-corrected chi connectivity index (χ1v) is 6.19. The minimum absolute atomic E-state index is 0.300. The number of nitriles is 1. The number of aromatic nitrogens is 1. The van der Waals surface area contributed by atoms with Crippen LogP contribution in [0.3, 0.4) is 0 Å².